The van der Waals surface area contributed by atoms with Crippen LogP contribution in [-0.4, -0.2) is 30.7 Å². The molecule has 6 nitrogen and oxygen atoms in total. The molecule has 1 aliphatic heterocycles. The molecule has 0 bridgehead atoms. The van der Waals surface area contributed by atoms with Crippen molar-refractivity contribution in [2.45, 2.75) is 13.3 Å². The quantitative estimate of drug-likeness (QED) is 0.523. The third-order valence-electron chi connectivity index (χ3n) is 4.00. The van der Waals surface area contributed by atoms with Crippen LogP contribution in [0.1, 0.15) is 23.7 Å². The summed E-state index contributed by atoms with van der Waals surface area (Å²) in [5.74, 6) is -1.16. The molecule has 28 heavy (non-hydrogen) atoms. The number of ether oxygens (including phenoxy) is 1. The first kappa shape index (κ1) is 20.5. The summed E-state index contributed by atoms with van der Waals surface area (Å²) in [5.41, 5.74) is 2.57. The predicted molar refractivity (Wildman–Crippen MR) is 112 cm³/mol. The third kappa shape index (κ3) is 4.95. The number of hydrogen-bond donors (Lipinski definition) is 1. The molecule has 0 atom stereocenters. The van der Waals surface area contributed by atoms with Crippen LogP contribution >= 0.6 is 34.8 Å². The smallest absolute Gasteiger partial charge is 0.338 e. The maximum atomic E-state index is 12.1. The molecule has 3 rings (SSSR count). The summed E-state index contributed by atoms with van der Waals surface area (Å²) < 4.78 is 5.04. The molecule has 0 unspecified atom stereocenters. The summed E-state index contributed by atoms with van der Waals surface area (Å²) in [5, 5.41) is 9.55. The minimum Gasteiger partial charge on any atom is -0.452 e. The first-order valence-corrected chi connectivity index (χ1v) is 9.50. The number of anilines is 2. The van der Waals surface area contributed by atoms with Crippen LogP contribution in [0.3, 0.4) is 0 Å². The van der Waals surface area contributed by atoms with Crippen molar-refractivity contribution in [2.24, 2.45) is 5.10 Å². The van der Waals surface area contributed by atoms with Gasteiger partial charge in [-0.1, -0.05) is 34.8 Å². The zero-order valence-electron chi connectivity index (χ0n) is 14.8. The Morgan fingerprint density at radius 2 is 1.79 bits per heavy atom. The van der Waals surface area contributed by atoms with Gasteiger partial charge in [0, 0.05) is 18.7 Å². The number of carbonyl (C=O) groups is 2. The summed E-state index contributed by atoms with van der Waals surface area (Å²) >= 11 is 17.8. The van der Waals surface area contributed by atoms with Crippen molar-refractivity contribution in [1.29, 1.82) is 0 Å². The van der Waals surface area contributed by atoms with Crippen LogP contribution in [0.15, 0.2) is 41.5 Å². The fourth-order valence-corrected chi connectivity index (χ4v) is 3.14. The molecule has 0 aliphatic carbocycles. The Hall–Kier alpha value is -2.28. The molecule has 0 spiro atoms. The molecule has 146 valence electrons. The molecule has 0 fully saturated rings. The minimum absolute atomic E-state index is 0.226. The van der Waals surface area contributed by atoms with Gasteiger partial charge >= 0.3 is 5.97 Å². The van der Waals surface area contributed by atoms with E-state index < -0.39 is 18.5 Å². The second kappa shape index (κ2) is 8.82. The Labute approximate surface area is 177 Å². The van der Waals surface area contributed by atoms with Crippen LogP contribution < -0.4 is 10.3 Å². The molecule has 0 radical (unpaired) electrons. The number of amides is 1. The van der Waals surface area contributed by atoms with Gasteiger partial charge in [-0.3, -0.25) is 9.80 Å². The molecule has 2 aromatic carbocycles. The predicted octanol–water partition coefficient (Wildman–Crippen LogP) is 5.03. The molecule has 1 aliphatic rings. The highest BCUT2D eigenvalue weighted by Crippen LogP contribution is 2.32. The molecule has 2 aromatic rings. The Kier molecular flexibility index (Phi) is 6.44. The number of nitrogens with zero attached hydrogens (tertiary/aromatic N) is 2. The molecule has 0 saturated heterocycles. The monoisotopic (exact) mass is 439 g/mol. The van der Waals surface area contributed by atoms with E-state index in [-0.39, 0.29) is 20.8 Å². The van der Waals surface area contributed by atoms with Crippen molar-refractivity contribution < 1.29 is 14.3 Å². The SMILES string of the molecule is CC1=NN(c2ccc(C(=O)OCC(=O)Nc3cc(Cl)c(Cl)cc3Cl)cc2)CC1. The zero-order valence-corrected chi connectivity index (χ0v) is 17.1. The molecule has 1 amide bonds. The molecule has 0 saturated carbocycles. The third-order valence-corrected chi connectivity index (χ3v) is 5.03. The number of benzene rings is 2. The van der Waals surface area contributed by atoms with Gasteiger partial charge in [-0.2, -0.15) is 5.10 Å². The minimum atomic E-state index is -0.608. The van der Waals surface area contributed by atoms with Crippen LogP contribution in [0, 0.1) is 0 Å². The largest absolute Gasteiger partial charge is 0.452 e. The van der Waals surface area contributed by atoms with Crippen LogP contribution in [0.4, 0.5) is 11.4 Å². The lowest BCUT2D eigenvalue weighted by atomic mass is 10.2. The number of hydrogen-bond acceptors (Lipinski definition) is 5. The van der Waals surface area contributed by atoms with Crippen LogP contribution in [0.5, 0.6) is 0 Å². The summed E-state index contributed by atoms with van der Waals surface area (Å²) in [7, 11) is 0. The first-order chi connectivity index (χ1) is 13.3. The molecule has 0 aromatic heterocycles. The Morgan fingerprint density at radius 3 is 2.43 bits per heavy atom. The van der Waals surface area contributed by atoms with Gasteiger partial charge in [0.15, 0.2) is 6.61 Å². The lowest BCUT2D eigenvalue weighted by Gasteiger charge is -2.14. The van der Waals surface area contributed by atoms with Gasteiger partial charge in [0.05, 0.1) is 32.0 Å². The zero-order chi connectivity index (χ0) is 20.3. The maximum Gasteiger partial charge on any atom is 0.338 e. The molecule has 1 heterocycles. The van der Waals surface area contributed by atoms with E-state index in [4.69, 9.17) is 39.5 Å². The molecule has 1 N–H and O–H groups in total. The second-order valence-electron chi connectivity index (χ2n) is 6.13. The summed E-state index contributed by atoms with van der Waals surface area (Å²) in [6.45, 7) is 2.32. The van der Waals surface area contributed by atoms with E-state index in [0.29, 0.717) is 5.56 Å². The second-order valence-corrected chi connectivity index (χ2v) is 7.35. The number of nitrogens with one attached hydrogen (secondary N) is 1. The van der Waals surface area contributed by atoms with E-state index in [2.05, 4.69) is 10.4 Å². The highest BCUT2D eigenvalue weighted by molar-refractivity contribution is 6.44. The van der Waals surface area contributed by atoms with E-state index >= 15 is 0 Å². The van der Waals surface area contributed by atoms with Gasteiger partial charge in [0.25, 0.3) is 5.91 Å². The van der Waals surface area contributed by atoms with E-state index in [1.807, 2.05) is 11.9 Å². The van der Waals surface area contributed by atoms with Crippen LogP contribution in [0.2, 0.25) is 15.1 Å². The van der Waals surface area contributed by atoms with Gasteiger partial charge in [0.2, 0.25) is 0 Å². The maximum absolute atomic E-state index is 12.1. The average molecular weight is 441 g/mol. The van der Waals surface area contributed by atoms with Crippen molar-refractivity contribution >= 4 is 63.8 Å². The highest BCUT2D eigenvalue weighted by Gasteiger charge is 2.15. The molecular formula is C19H16Cl3N3O3. The first-order valence-electron chi connectivity index (χ1n) is 8.36. The Morgan fingerprint density at radius 1 is 1.11 bits per heavy atom. The number of rotatable bonds is 5. The van der Waals surface area contributed by atoms with Gasteiger partial charge in [-0.05, 0) is 43.3 Å². The summed E-state index contributed by atoms with van der Waals surface area (Å²) in [6.07, 6.45) is 0.918. The number of hydrazone groups is 1. The lowest BCUT2D eigenvalue weighted by Crippen LogP contribution is -2.21. The fraction of sp³-hybridized carbons (Fsp3) is 0.211. The van der Waals surface area contributed by atoms with E-state index in [9.17, 15) is 9.59 Å². The summed E-state index contributed by atoms with van der Waals surface area (Å²) in [4.78, 5) is 24.2. The van der Waals surface area contributed by atoms with Crippen molar-refractivity contribution in [3.05, 3.63) is 57.0 Å². The van der Waals surface area contributed by atoms with Gasteiger partial charge in [-0.25, -0.2) is 4.79 Å². The number of halogens is 3. The highest BCUT2D eigenvalue weighted by atomic mass is 35.5. The number of esters is 1. The van der Waals surface area contributed by atoms with E-state index in [1.54, 1.807) is 24.3 Å². The van der Waals surface area contributed by atoms with Crippen molar-refractivity contribution in [2.75, 3.05) is 23.5 Å². The van der Waals surface area contributed by atoms with E-state index in [0.717, 1.165) is 24.4 Å². The van der Waals surface area contributed by atoms with Gasteiger partial charge < -0.3 is 10.1 Å². The average Bonchev–Trinajstić information content (AvgIpc) is 3.10. The van der Waals surface area contributed by atoms with Gasteiger partial charge in [0.1, 0.15) is 0 Å². The Balaban J connectivity index is 1.55. The van der Waals surface area contributed by atoms with Crippen molar-refractivity contribution in [1.82, 2.24) is 0 Å². The fourth-order valence-electron chi connectivity index (χ4n) is 2.55. The lowest BCUT2D eigenvalue weighted by molar-refractivity contribution is -0.119. The molecule has 9 heteroatoms. The van der Waals surface area contributed by atoms with Crippen molar-refractivity contribution in [3.8, 4) is 0 Å². The normalized spacial score (nSPS) is 13.3. The Bertz CT molecular complexity index is 945. The standard InChI is InChI=1S/C19H16Cl3N3O3/c1-11-6-7-25(24-11)13-4-2-12(3-5-13)19(27)28-10-18(26)23-17-9-15(21)14(20)8-16(17)22/h2-5,8-9H,6-7,10H2,1H3,(H,23,26). The number of carbonyl (C=O) groups excluding carboxylic acids is 2. The van der Waals surface area contributed by atoms with Crippen LogP contribution in [-0.2, 0) is 9.53 Å². The van der Waals surface area contributed by atoms with E-state index in [1.165, 1.54) is 12.1 Å². The van der Waals surface area contributed by atoms with Gasteiger partial charge in [-0.15, -0.1) is 0 Å². The molecular weight excluding hydrogens is 425 g/mol. The summed E-state index contributed by atoms with van der Waals surface area (Å²) in [6, 6.07) is 9.68. The van der Waals surface area contributed by atoms with Crippen molar-refractivity contribution in [3.63, 3.8) is 0 Å². The topological polar surface area (TPSA) is 71.0 Å². The van der Waals surface area contributed by atoms with Crippen LogP contribution in [0.25, 0.3) is 0 Å².